The maximum atomic E-state index is 6.48. The van der Waals surface area contributed by atoms with Crippen molar-refractivity contribution in [3.05, 3.63) is 132 Å². The molecule has 0 radical (unpaired) electrons. The van der Waals surface area contributed by atoms with Gasteiger partial charge in [-0.3, -0.25) is 4.57 Å². The number of nitrogens with zero attached hydrogens (tertiary/aromatic N) is 4. The molecule has 0 unspecified atom stereocenters. The number of hydrogen-bond acceptors (Lipinski definition) is 3. The average Bonchev–Trinajstić information content (AvgIpc) is 3.65. The molecule has 218 valence electrons. The van der Waals surface area contributed by atoms with E-state index in [-0.39, 0.29) is 0 Å². The van der Waals surface area contributed by atoms with Crippen LogP contribution in [0, 0.1) is 6.92 Å². The average molecular weight is 577 g/mol. The van der Waals surface area contributed by atoms with E-state index in [1.807, 2.05) is 47.4 Å². The molecule has 0 spiro atoms. The lowest BCUT2D eigenvalue weighted by Gasteiger charge is -2.13. The molecule has 3 heterocycles. The summed E-state index contributed by atoms with van der Waals surface area (Å²) >= 11 is 0. The Balaban J connectivity index is 1.23. The van der Waals surface area contributed by atoms with Gasteiger partial charge in [-0.25, -0.2) is 9.67 Å². The molecule has 0 aliphatic carbocycles. The Morgan fingerprint density at radius 1 is 0.705 bits per heavy atom. The quantitative estimate of drug-likeness (QED) is 0.172. The topological polar surface area (TPSA) is 44.9 Å². The highest BCUT2D eigenvalue weighted by atomic mass is 16.5. The highest BCUT2D eigenvalue weighted by Gasteiger charge is 2.15. The van der Waals surface area contributed by atoms with E-state index in [0.29, 0.717) is 0 Å². The number of benzene rings is 4. The number of pyridine rings is 1. The molecule has 0 saturated heterocycles. The van der Waals surface area contributed by atoms with Crippen molar-refractivity contribution in [1.82, 2.24) is 19.3 Å². The van der Waals surface area contributed by atoms with Crippen molar-refractivity contribution in [3.63, 3.8) is 0 Å². The number of aryl methyl sites for hydroxylation is 3. The van der Waals surface area contributed by atoms with Crippen LogP contribution in [-0.2, 0) is 12.8 Å². The van der Waals surface area contributed by atoms with E-state index < -0.39 is 0 Å². The number of aromatic nitrogens is 4. The number of para-hydroxylation sites is 1. The Kier molecular flexibility index (Phi) is 7.45. The zero-order chi connectivity index (χ0) is 30.0. The van der Waals surface area contributed by atoms with Crippen LogP contribution < -0.4 is 4.74 Å². The van der Waals surface area contributed by atoms with Crippen LogP contribution in [0.5, 0.6) is 11.5 Å². The lowest BCUT2D eigenvalue weighted by atomic mass is 9.92. The molecule has 44 heavy (non-hydrogen) atoms. The van der Waals surface area contributed by atoms with Crippen molar-refractivity contribution >= 4 is 21.8 Å². The van der Waals surface area contributed by atoms with Gasteiger partial charge in [-0.1, -0.05) is 69.2 Å². The van der Waals surface area contributed by atoms with Crippen LogP contribution in [0.15, 0.2) is 116 Å². The second-order valence-corrected chi connectivity index (χ2v) is 11.4. The van der Waals surface area contributed by atoms with Crippen molar-refractivity contribution in [3.8, 4) is 34.1 Å². The largest absolute Gasteiger partial charge is 0.457 e. The van der Waals surface area contributed by atoms with Crippen molar-refractivity contribution in [2.45, 2.75) is 46.5 Å². The molecular weight excluding hydrogens is 540 g/mol. The molecule has 0 atom stereocenters. The van der Waals surface area contributed by atoms with Crippen LogP contribution in [0.3, 0.4) is 0 Å². The second-order valence-electron chi connectivity index (χ2n) is 11.4. The Hall–Kier alpha value is -5.16. The minimum Gasteiger partial charge on any atom is -0.457 e. The highest BCUT2D eigenvalue weighted by Crippen LogP contribution is 2.36. The third-order valence-electron chi connectivity index (χ3n) is 8.24. The van der Waals surface area contributed by atoms with Crippen LogP contribution in [-0.4, -0.2) is 19.3 Å². The van der Waals surface area contributed by atoms with Gasteiger partial charge in [0.25, 0.3) is 0 Å². The number of rotatable bonds is 9. The molecule has 7 aromatic rings. The fraction of sp³-hybridized carbons (Fsp3) is 0.179. The SMILES string of the molecule is CCCc1cccc(CCC)c1-c1cnn(-c2cccc(Oc3ccc4c5ccccc5n(-c5cc(C)ccn5)c4c3)c2)c1. The van der Waals surface area contributed by atoms with Gasteiger partial charge >= 0.3 is 0 Å². The van der Waals surface area contributed by atoms with Crippen LogP contribution in [0.25, 0.3) is 44.4 Å². The lowest BCUT2D eigenvalue weighted by Crippen LogP contribution is -1.98. The molecule has 0 aliphatic rings. The van der Waals surface area contributed by atoms with E-state index in [1.54, 1.807) is 0 Å². The fourth-order valence-electron chi connectivity index (χ4n) is 6.30. The van der Waals surface area contributed by atoms with Gasteiger partial charge in [-0.15, -0.1) is 0 Å². The van der Waals surface area contributed by atoms with Crippen molar-refractivity contribution in [2.24, 2.45) is 0 Å². The van der Waals surface area contributed by atoms with Crippen molar-refractivity contribution in [1.29, 1.82) is 0 Å². The molecule has 0 N–H and O–H groups in total. The van der Waals surface area contributed by atoms with Gasteiger partial charge in [0.15, 0.2) is 0 Å². The molecule has 5 heteroatoms. The molecule has 0 saturated carbocycles. The first kappa shape index (κ1) is 27.7. The van der Waals surface area contributed by atoms with Gasteiger partial charge in [-0.2, -0.15) is 5.10 Å². The zero-order valence-corrected chi connectivity index (χ0v) is 25.5. The van der Waals surface area contributed by atoms with Gasteiger partial charge in [-0.05, 0) is 84.5 Å². The summed E-state index contributed by atoms with van der Waals surface area (Å²) in [6.45, 7) is 6.57. The molecule has 7 rings (SSSR count). The Morgan fingerprint density at radius 2 is 1.45 bits per heavy atom. The predicted molar refractivity (Wildman–Crippen MR) is 180 cm³/mol. The minimum atomic E-state index is 0.758. The third-order valence-corrected chi connectivity index (χ3v) is 8.24. The lowest BCUT2D eigenvalue weighted by molar-refractivity contribution is 0.483. The molecule has 0 amide bonds. The van der Waals surface area contributed by atoms with Crippen LogP contribution in [0.4, 0.5) is 0 Å². The van der Waals surface area contributed by atoms with Crippen LogP contribution >= 0.6 is 0 Å². The molecule has 0 bridgehead atoms. The number of fused-ring (bicyclic) bond motifs is 3. The van der Waals surface area contributed by atoms with Gasteiger partial charge in [0.05, 0.1) is 22.9 Å². The summed E-state index contributed by atoms with van der Waals surface area (Å²) in [4.78, 5) is 4.71. The normalized spacial score (nSPS) is 11.4. The Labute approximate surface area is 258 Å². The summed E-state index contributed by atoms with van der Waals surface area (Å²) in [6, 6.07) is 33.7. The summed E-state index contributed by atoms with van der Waals surface area (Å²) < 4.78 is 10.6. The Bertz CT molecular complexity index is 2080. The summed E-state index contributed by atoms with van der Waals surface area (Å²) in [5.74, 6) is 2.42. The van der Waals surface area contributed by atoms with Crippen molar-refractivity contribution in [2.75, 3.05) is 0 Å². The third kappa shape index (κ3) is 5.15. The van der Waals surface area contributed by atoms with Crippen LogP contribution in [0.1, 0.15) is 43.4 Å². The minimum absolute atomic E-state index is 0.758. The van der Waals surface area contributed by atoms with Crippen molar-refractivity contribution < 1.29 is 4.74 Å². The van der Waals surface area contributed by atoms with E-state index in [4.69, 9.17) is 14.8 Å². The maximum absolute atomic E-state index is 6.48. The summed E-state index contributed by atoms with van der Waals surface area (Å²) in [6.07, 6.45) is 10.4. The zero-order valence-electron chi connectivity index (χ0n) is 25.5. The van der Waals surface area contributed by atoms with Gasteiger partial charge < -0.3 is 4.74 Å². The molecule has 4 aromatic carbocycles. The summed E-state index contributed by atoms with van der Waals surface area (Å²) in [5, 5.41) is 7.14. The molecule has 5 nitrogen and oxygen atoms in total. The molecular formula is C39H36N4O. The first-order chi connectivity index (χ1) is 21.6. The highest BCUT2D eigenvalue weighted by molar-refractivity contribution is 6.09. The summed E-state index contributed by atoms with van der Waals surface area (Å²) in [5.41, 5.74) is 9.58. The Morgan fingerprint density at radius 3 is 2.25 bits per heavy atom. The number of hydrogen-bond donors (Lipinski definition) is 0. The van der Waals surface area contributed by atoms with E-state index >= 15 is 0 Å². The van der Waals surface area contributed by atoms with E-state index in [2.05, 4.69) is 98.3 Å². The van der Waals surface area contributed by atoms with Gasteiger partial charge in [0.2, 0.25) is 0 Å². The van der Waals surface area contributed by atoms with E-state index in [9.17, 15) is 0 Å². The number of ether oxygens (including phenoxy) is 1. The fourth-order valence-corrected chi connectivity index (χ4v) is 6.30. The summed E-state index contributed by atoms with van der Waals surface area (Å²) in [7, 11) is 0. The van der Waals surface area contributed by atoms with Crippen LogP contribution in [0.2, 0.25) is 0 Å². The molecule has 0 aliphatic heterocycles. The van der Waals surface area contributed by atoms with E-state index in [1.165, 1.54) is 33.0 Å². The molecule has 3 aromatic heterocycles. The first-order valence-corrected chi connectivity index (χ1v) is 15.5. The maximum Gasteiger partial charge on any atom is 0.137 e. The van der Waals surface area contributed by atoms with Gasteiger partial charge in [0, 0.05) is 40.9 Å². The molecule has 0 fully saturated rings. The van der Waals surface area contributed by atoms with E-state index in [0.717, 1.165) is 65.3 Å². The second kappa shape index (κ2) is 11.8. The smallest absolute Gasteiger partial charge is 0.137 e. The standard InChI is InChI=1S/C39H36N4O/c1-4-10-28-12-8-13-29(11-5-2)39(28)30-25-41-42(26-30)31-14-9-15-32(23-31)44-33-18-19-35-34-16-6-7-17-36(34)43(37(35)24-33)38-22-27(3)20-21-40-38/h6-9,12-26H,4-5,10-11H2,1-3H3. The first-order valence-electron chi connectivity index (χ1n) is 15.5. The monoisotopic (exact) mass is 576 g/mol. The van der Waals surface area contributed by atoms with Gasteiger partial charge in [0.1, 0.15) is 17.3 Å². The predicted octanol–water partition coefficient (Wildman–Crippen LogP) is 10.0.